The normalized spacial score (nSPS) is 15.8. The van der Waals surface area contributed by atoms with Crippen LogP contribution >= 0.6 is 11.8 Å². The van der Waals surface area contributed by atoms with Crippen molar-refractivity contribution in [2.75, 3.05) is 6.54 Å². The minimum absolute atomic E-state index is 0.209. The number of halogens is 1. The van der Waals surface area contributed by atoms with Gasteiger partial charge in [-0.25, -0.2) is 23.5 Å². The Morgan fingerprint density at radius 2 is 1.84 bits per heavy atom. The summed E-state index contributed by atoms with van der Waals surface area (Å²) in [6, 6.07) is 8.96. The topological polar surface area (TPSA) is 82.5 Å². The monoisotopic (exact) mass is 527 g/mol. The lowest BCUT2D eigenvalue weighted by atomic mass is 9.83. The van der Waals surface area contributed by atoms with Crippen molar-refractivity contribution < 1.29 is 23.5 Å². The maximum Gasteiger partial charge on any atom is 0.420 e. The van der Waals surface area contributed by atoms with Gasteiger partial charge in [0.05, 0.1) is 5.52 Å². The number of alkyl carbamates (subject to hydrolysis) is 1. The van der Waals surface area contributed by atoms with Crippen LogP contribution in [0, 0.1) is 5.82 Å². The number of imidazole rings is 1. The summed E-state index contributed by atoms with van der Waals surface area (Å²) in [6.07, 6.45) is 3.31. The second-order valence-corrected chi connectivity index (χ2v) is 12.4. The molecule has 0 saturated carbocycles. The fraction of sp³-hybridized carbons (Fsp3) is 0.464. The molecular formula is C28H34FN3O4S. The van der Waals surface area contributed by atoms with Crippen LogP contribution in [-0.4, -0.2) is 39.5 Å². The molecule has 1 atom stereocenters. The Morgan fingerprint density at radius 1 is 1.11 bits per heavy atom. The third-order valence-electron chi connectivity index (χ3n) is 5.84. The summed E-state index contributed by atoms with van der Waals surface area (Å²) in [5.74, 6) is -0.243. The van der Waals surface area contributed by atoms with E-state index in [1.807, 2.05) is 26.8 Å². The second kappa shape index (κ2) is 10.4. The van der Waals surface area contributed by atoms with E-state index < -0.39 is 29.2 Å². The highest BCUT2D eigenvalue weighted by Gasteiger charge is 2.24. The van der Waals surface area contributed by atoms with Crippen LogP contribution in [0.3, 0.4) is 0 Å². The first-order valence-electron chi connectivity index (χ1n) is 12.5. The van der Waals surface area contributed by atoms with Gasteiger partial charge in [-0.2, -0.15) is 0 Å². The first-order valence-corrected chi connectivity index (χ1v) is 13.3. The molecule has 1 N–H and O–H groups in total. The second-order valence-electron chi connectivity index (χ2n) is 11.3. The number of nitrogens with zero attached hydrogens (tertiary/aromatic N) is 2. The molecule has 4 rings (SSSR count). The number of hydrogen-bond donors (Lipinski definition) is 1. The zero-order chi connectivity index (χ0) is 27.0. The van der Waals surface area contributed by atoms with Crippen LogP contribution in [0.2, 0.25) is 0 Å². The van der Waals surface area contributed by atoms with Crippen molar-refractivity contribution in [3.05, 3.63) is 53.6 Å². The number of hydrogen-bond acceptors (Lipinski definition) is 6. The van der Waals surface area contributed by atoms with Crippen LogP contribution in [0.15, 0.2) is 46.5 Å². The van der Waals surface area contributed by atoms with Gasteiger partial charge in [0.25, 0.3) is 0 Å². The first-order chi connectivity index (χ1) is 17.3. The van der Waals surface area contributed by atoms with Crippen LogP contribution in [0.4, 0.5) is 14.0 Å². The quantitative estimate of drug-likeness (QED) is 0.391. The molecule has 1 amide bonds. The number of rotatable bonds is 4. The molecule has 0 aliphatic heterocycles. The molecule has 9 heteroatoms. The van der Waals surface area contributed by atoms with E-state index in [4.69, 9.17) is 9.47 Å². The van der Waals surface area contributed by atoms with Crippen molar-refractivity contribution in [2.24, 2.45) is 0 Å². The average Bonchev–Trinajstić information content (AvgIpc) is 3.19. The van der Waals surface area contributed by atoms with Gasteiger partial charge in [-0.05, 0) is 90.1 Å². The summed E-state index contributed by atoms with van der Waals surface area (Å²) in [5, 5.41) is 2.90. The van der Waals surface area contributed by atoms with Crippen LogP contribution in [0.25, 0.3) is 11.0 Å². The van der Waals surface area contributed by atoms with E-state index in [1.54, 1.807) is 20.8 Å². The molecule has 2 aromatic carbocycles. The number of benzene rings is 2. The first kappa shape index (κ1) is 27.0. The molecule has 0 radical (unpaired) electrons. The fourth-order valence-electron chi connectivity index (χ4n) is 4.40. The number of aryl methyl sites for hydroxylation is 1. The Hall–Kier alpha value is -3.07. The molecular weight excluding hydrogens is 493 g/mol. The van der Waals surface area contributed by atoms with Crippen molar-refractivity contribution in [1.29, 1.82) is 0 Å². The lowest BCUT2D eigenvalue weighted by Gasteiger charge is -2.27. The Morgan fingerprint density at radius 3 is 2.54 bits per heavy atom. The van der Waals surface area contributed by atoms with E-state index in [-0.39, 0.29) is 5.92 Å². The van der Waals surface area contributed by atoms with Crippen LogP contribution in [0.5, 0.6) is 0 Å². The molecule has 1 aliphatic carbocycles. The maximum absolute atomic E-state index is 14.6. The molecule has 1 aliphatic rings. The zero-order valence-corrected chi connectivity index (χ0v) is 23.0. The Bertz CT molecular complexity index is 1320. The number of aromatic nitrogens is 2. The molecule has 7 nitrogen and oxygen atoms in total. The van der Waals surface area contributed by atoms with Crippen molar-refractivity contribution in [2.45, 2.75) is 87.7 Å². The Kier molecular flexibility index (Phi) is 7.55. The highest BCUT2D eigenvalue weighted by atomic mass is 32.2. The molecule has 1 unspecified atom stereocenters. The maximum atomic E-state index is 14.6. The SMILES string of the molecule is CC(C)(C)OC(=O)NCC1CCCc2cc(Sc3cc(F)cc4c3ncn4C(=O)OC(C)(C)C)ccc21. The number of carbonyl (C=O) groups is 2. The third kappa shape index (κ3) is 6.83. The lowest BCUT2D eigenvalue weighted by molar-refractivity contribution is 0.0518. The van der Waals surface area contributed by atoms with Gasteiger partial charge in [0, 0.05) is 28.3 Å². The van der Waals surface area contributed by atoms with Crippen LogP contribution in [-0.2, 0) is 15.9 Å². The minimum Gasteiger partial charge on any atom is -0.444 e. The number of nitrogens with one attached hydrogen (secondary N) is 1. The van der Waals surface area contributed by atoms with Gasteiger partial charge >= 0.3 is 12.2 Å². The van der Waals surface area contributed by atoms with Gasteiger partial charge in [-0.1, -0.05) is 17.8 Å². The van der Waals surface area contributed by atoms with Gasteiger partial charge < -0.3 is 14.8 Å². The third-order valence-corrected chi connectivity index (χ3v) is 6.86. The van der Waals surface area contributed by atoms with E-state index in [0.717, 1.165) is 24.2 Å². The van der Waals surface area contributed by atoms with E-state index in [9.17, 15) is 14.0 Å². The smallest absolute Gasteiger partial charge is 0.420 e. The summed E-state index contributed by atoms with van der Waals surface area (Å²) >= 11 is 1.41. The molecule has 3 aromatic rings. The largest absolute Gasteiger partial charge is 0.444 e. The molecule has 0 fully saturated rings. The van der Waals surface area contributed by atoms with Crippen LogP contribution in [0.1, 0.15) is 71.4 Å². The van der Waals surface area contributed by atoms with E-state index in [0.29, 0.717) is 22.5 Å². The summed E-state index contributed by atoms with van der Waals surface area (Å²) < 4.78 is 26.6. The predicted molar refractivity (Wildman–Crippen MR) is 142 cm³/mol. The van der Waals surface area contributed by atoms with Crippen molar-refractivity contribution in [1.82, 2.24) is 14.9 Å². The summed E-state index contributed by atoms with van der Waals surface area (Å²) in [6.45, 7) is 11.4. The van der Waals surface area contributed by atoms with E-state index in [1.165, 1.54) is 45.9 Å². The number of ether oxygens (including phenoxy) is 2. The van der Waals surface area contributed by atoms with Gasteiger partial charge in [0.2, 0.25) is 0 Å². The van der Waals surface area contributed by atoms with Crippen molar-refractivity contribution >= 4 is 35.0 Å². The van der Waals surface area contributed by atoms with Gasteiger partial charge in [-0.3, -0.25) is 0 Å². The van der Waals surface area contributed by atoms with E-state index >= 15 is 0 Å². The standard InChI is InChI=1S/C28H34FN3O4S/c1-27(2,3)35-25(33)30-15-18-9-7-8-17-12-20(10-11-21(17)18)37-23-14-19(29)13-22-24(23)31-16-32(22)26(34)36-28(4,5)6/h10-14,16,18H,7-9,15H2,1-6H3,(H,30,33). The summed E-state index contributed by atoms with van der Waals surface area (Å²) in [7, 11) is 0. The molecule has 1 heterocycles. The zero-order valence-electron chi connectivity index (χ0n) is 22.2. The van der Waals surface area contributed by atoms with Crippen molar-refractivity contribution in [3.8, 4) is 0 Å². The highest BCUT2D eigenvalue weighted by molar-refractivity contribution is 7.99. The predicted octanol–water partition coefficient (Wildman–Crippen LogP) is 7.05. The van der Waals surface area contributed by atoms with E-state index in [2.05, 4.69) is 22.4 Å². The molecule has 1 aromatic heterocycles. The molecule has 0 bridgehead atoms. The fourth-order valence-corrected chi connectivity index (χ4v) is 5.42. The Labute approximate surface area is 221 Å². The van der Waals surface area contributed by atoms with Gasteiger partial charge in [0.15, 0.2) is 0 Å². The minimum atomic E-state index is -0.679. The lowest BCUT2D eigenvalue weighted by Crippen LogP contribution is -2.35. The van der Waals surface area contributed by atoms with Gasteiger partial charge in [0.1, 0.15) is 28.9 Å². The number of fused-ring (bicyclic) bond motifs is 2. The van der Waals surface area contributed by atoms with Crippen molar-refractivity contribution in [3.63, 3.8) is 0 Å². The Balaban J connectivity index is 1.53. The summed E-state index contributed by atoms with van der Waals surface area (Å²) in [5.41, 5.74) is 2.12. The number of carbonyl (C=O) groups excluding carboxylic acids is 2. The van der Waals surface area contributed by atoms with Gasteiger partial charge in [-0.15, -0.1) is 0 Å². The molecule has 0 spiro atoms. The molecule has 0 saturated heterocycles. The highest BCUT2D eigenvalue weighted by Crippen LogP contribution is 2.38. The summed E-state index contributed by atoms with van der Waals surface area (Å²) in [4.78, 5) is 30.7. The van der Waals surface area contributed by atoms with Crippen LogP contribution < -0.4 is 5.32 Å². The number of amides is 1. The molecule has 198 valence electrons. The average molecular weight is 528 g/mol. The molecule has 37 heavy (non-hydrogen) atoms.